The molecule has 0 aromatic rings. The minimum Gasteiger partial charge on any atom is -0.459 e. The molecule has 21 heavy (non-hydrogen) atoms. The Bertz CT molecular complexity index is 248. The summed E-state index contributed by atoms with van der Waals surface area (Å²) in [5.74, 6) is -0.287. The van der Waals surface area contributed by atoms with E-state index in [9.17, 15) is 4.79 Å². The van der Waals surface area contributed by atoms with Crippen LogP contribution in [0.2, 0.25) is 0 Å². The molecule has 2 heteroatoms. The van der Waals surface area contributed by atoms with Crippen LogP contribution in [0.1, 0.15) is 97.3 Å². The van der Waals surface area contributed by atoms with Crippen molar-refractivity contribution < 1.29 is 9.53 Å². The van der Waals surface area contributed by atoms with Crippen molar-refractivity contribution in [3.63, 3.8) is 0 Å². The molecule has 1 atom stereocenters. The van der Waals surface area contributed by atoms with Gasteiger partial charge in [-0.3, -0.25) is 0 Å². The van der Waals surface area contributed by atoms with Gasteiger partial charge in [-0.25, -0.2) is 4.79 Å². The van der Waals surface area contributed by atoms with Crippen molar-refractivity contribution in [3.05, 3.63) is 12.7 Å². The van der Waals surface area contributed by atoms with Gasteiger partial charge < -0.3 is 4.74 Å². The van der Waals surface area contributed by atoms with Gasteiger partial charge in [0.05, 0.1) is 0 Å². The van der Waals surface area contributed by atoms with Crippen molar-refractivity contribution in [1.82, 2.24) is 0 Å². The number of carbonyl (C=O) groups excluding carboxylic acids is 1. The van der Waals surface area contributed by atoms with E-state index in [0.29, 0.717) is 0 Å². The van der Waals surface area contributed by atoms with Crippen molar-refractivity contribution in [2.75, 3.05) is 0 Å². The summed E-state index contributed by atoms with van der Waals surface area (Å²) in [7, 11) is 0. The fourth-order valence-electron chi connectivity index (χ4n) is 2.59. The minimum atomic E-state index is -0.287. The summed E-state index contributed by atoms with van der Waals surface area (Å²) < 4.78 is 5.28. The summed E-state index contributed by atoms with van der Waals surface area (Å²) in [6, 6.07) is 0. The van der Waals surface area contributed by atoms with E-state index in [2.05, 4.69) is 20.4 Å². The van der Waals surface area contributed by atoms with E-state index >= 15 is 0 Å². The Balaban J connectivity index is 3.30. The van der Waals surface area contributed by atoms with E-state index < -0.39 is 0 Å². The normalized spacial score (nSPS) is 12.1. The Hall–Kier alpha value is -0.790. The second kappa shape index (κ2) is 15.6. The highest BCUT2D eigenvalue weighted by atomic mass is 16.5. The van der Waals surface area contributed by atoms with Gasteiger partial charge in [0.2, 0.25) is 0 Å². The number of rotatable bonds is 15. The molecule has 0 fully saturated rings. The first kappa shape index (κ1) is 20.2. The van der Waals surface area contributed by atoms with Gasteiger partial charge in [-0.2, -0.15) is 0 Å². The molecule has 124 valence electrons. The Labute approximate surface area is 132 Å². The van der Waals surface area contributed by atoms with Crippen molar-refractivity contribution in [2.24, 2.45) is 0 Å². The zero-order chi connectivity index (χ0) is 15.8. The highest BCUT2D eigenvalue weighted by molar-refractivity contribution is 5.81. The number of esters is 1. The van der Waals surface area contributed by atoms with Gasteiger partial charge in [-0.05, 0) is 19.3 Å². The summed E-state index contributed by atoms with van der Waals surface area (Å²) >= 11 is 0. The van der Waals surface area contributed by atoms with Gasteiger partial charge in [-0.15, -0.1) is 0 Å². The highest BCUT2D eigenvalue weighted by Gasteiger charge is 2.09. The van der Waals surface area contributed by atoms with Gasteiger partial charge >= 0.3 is 5.97 Å². The molecule has 0 aliphatic carbocycles. The Morgan fingerprint density at radius 1 is 0.905 bits per heavy atom. The predicted molar refractivity (Wildman–Crippen MR) is 91.4 cm³/mol. The molecule has 0 radical (unpaired) electrons. The molecule has 0 aromatic heterocycles. The molecule has 1 unspecified atom stereocenters. The number of hydrogen-bond acceptors (Lipinski definition) is 2. The average Bonchev–Trinajstić information content (AvgIpc) is 2.51. The fraction of sp³-hybridized carbons (Fsp3) is 0.842. The molecule has 0 rings (SSSR count). The zero-order valence-corrected chi connectivity index (χ0v) is 14.4. The predicted octanol–water partition coefficient (Wildman–Crippen LogP) is 6.20. The van der Waals surface area contributed by atoms with Crippen LogP contribution in [0, 0.1) is 0 Å². The molecular weight excluding hydrogens is 260 g/mol. The molecule has 0 spiro atoms. The average molecular weight is 296 g/mol. The zero-order valence-electron chi connectivity index (χ0n) is 14.4. The van der Waals surface area contributed by atoms with E-state index in [1.54, 1.807) is 0 Å². The summed E-state index contributed by atoms with van der Waals surface area (Å²) in [5, 5.41) is 0. The maximum Gasteiger partial charge on any atom is 0.330 e. The van der Waals surface area contributed by atoms with E-state index in [1.165, 1.54) is 76.7 Å². The Morgan fingerprint density at radius 2 is 1.38 bits per heavy atom. The molecule has 2 nitrogen and oxygen atoms in total. The fourth-order valence-corrected chi connectivity index (χ4v) is 2.59. The van der Waals surface area contributed by atoms with Crippen LogP contribution in [0.3, 0.4) is 0 Å². The minimum absolute atomic E-state index is 0.0778. The second-order valence-electron chi connectivity index (χ2n) is 6.00. The lowest BCUT2D eigenvalue weighted by Crippen LogP contribution is -2.15. The van der Waals surface area contributed by atoms with Crippen LogP contribution in [-0.2, 0) is 9.53 Å². The topological polar surface area (TPSA) is 26.3 Å². The molecule has 0 heterocycles. The van der Waals surface area contributed by atoms with Crippen LogP contribution in [0.4, 0.5) is 0 Å². The lowest BCUT2D eigenvalue weighted by Gasteiger charge is -2.14. The van der Waals surface area contributed by atoms with Crippen LogP contribution in [0.15, 0.2) is 12.7 Å². The van der Waals surface area contributed by atoms with Crippen molar-refractivity contribution >= 4 is 5.97 Å². The first-order valence-corrected chi connectivity index (χ1v) is 9.07. The van der Waals surface area contributed by atoms with Crippen LogP contribution in [0.25, 0.3) is 0 Å². The molecule has 0 saturated carbocycles. The maximum absolute atomic E-state index is 11.1. The van der Waals surface area contributed by atoms with Crippen molar-refractivity contribution in [3.8, 4) is 0 Å². The monoisotopic (exact) mass is 296 g/mol. The molecule has 0 aliphatic rings. The third-order valence-electron chi connectivity index (χ3n) is 4.03. The van der Waals surface area contributed by atoms with E-state index in [-0.39, 0.29) is 12.1 Å². The van der Waals surface area contributed by atoms with Gasteiger partial charge in [0.25, 0.3) is 0 Å². The number of ether oxygens (including phenoxy) is 1. The third-order valence-corrected chi connectivity index (χ3v) is 4.03. The van der Waals surface area contributed by atoms with Gasteiger partial charge in [0.15, 0.2) is 0 Å². The summed E-state index contributed by atoms with van der Waals surface area (Å²) in [4.78, 5) is 11.1. The molecule has 0 saturated heterocycles. The Morgan fingerprint density at radius 3 is 1.81 bits per heavy atom. The van der Waals surface area contributed by atoms with Crippen LogP contribution < -0.4 is 0 Å². The number of carbonyl (C=O) groups is 1. The Kier molecular flexibility index (Phi) is 15.0. The number of unbranched alkanes of at least 4 members (excludes halogenated alkanes) is 10. The summed E-state index contributed by atoms with van der Waals surface area (Å²) in [6.45, 7) is 7.77. The van der Waals surface area contributed by atoms with Gasteiger partial charge in [0.1, 0.15) is 6.10 Å². The lowest BCUT2D eigenvalue weighted by atomic mass is 10.0. The molecule has 0 aromatic carbocycles. The molecular formula is C19H36O2. The second-order valence-corrected chi connectivity index (χ2v) is 6.00. The molecule has 0 amide bonds. The summed E-state index contributed by atoms with van der Waals surface area (Å²) in [6.07, 6.45) is 18.1. The SMILES string of the molecule is C=CC(=O)OC(CC)CCCCCCCCCCCCC. The van der Waals surface area contributed by atoms with Crippen LogP contribution in [-0.4, -0.2) is 12.1 Å². The number of hydrogen-bond donors (Lipinski definition) is 0. The van der Waals surface area contributed by atoms with E-state index in [0.717, 1.165) is 12.8 Å². The lowest BCUT2D eigenvalue weighted by molar-refractivity contribution is -0.143. The van der Waals surface area contributed by atoms with Gasteiger partial charge in [0, 0.05) is 6.08 Å². The molecule has 0 aliphatic heterocycles. The third kappa shape index (κ3) is 13.9. The first-order chi connectivity index (χ1) is 10.2. The summed E-state index contributed by atoms with van der Waals surface area (Å²) in [5.41, 5.74) is 0. The molecule has 0 bridgehead atoms. The van der Waals surface area contributed by atoms with Gasteiger partial charge in [-0.1, -0.05) is 84.6 Å². The molecule has 0 N–H and O–H groups in total. The maximum atomic E-state index is 11.1. The highest BCUT2D eigenvalue weighted by Crippen LogP contribution is 2.14. The standard InChI is InChI=1S/C19H36O2/c1-4-7-8-9-10-11-12-13-14-15-16-17-18(5-2)21-19(20)6-3/h6,18H,3-5,7-17H2,1-2H3. The van der Waals surface area contributed by atoms with Crippen molar-refractivity contribution in [2.45, 2.75) is 103 Å². The van der Waals surface area contributed by atoms with E-state index in [1.807, 2.05) is 0 Å². The van der Waals surface area contributed by atoms with Crippen LogP contribution in [0.5, 0.6) is 0 Å². The van der Waals surface area contributed by atoms with E-state index in [4.69, 9.17) is 4.74 Å². The van der Waals surface area contributed by atoms with Crippen molar-refractivity contribution in [1.29, 1.82) is 0 Å². The van der Waals surface area contributed by atoms with Crippen LogP contribution >= 0.6 is 0 Å². The first-order valence-electron chi connectivity index (χ1n) is 9.07. The quantitative estimate of drug-likeness (QED) is 0.204. The smallest absolute Gasteiger partial charge is 0.330 e. The largest absolute Gasteiger partial charge is 0.459 e.